The van der Waals surface area contributed by atoms with Crippen LogP contribution in [-0.2, 0) is 18.3 Å². The van der Waals surface area contributed by atoms with Gasteiger partial charge in [0.05, 0.1) is 12.3 Å². The van der Waals surface area contributed by atoms with Crippen LogP contribution in [0.25, 0.3) is 0 Å². The molecule has 0 aliphatic heterocycles. The summed E-state index contributed by atoms with van der Waals surface area (Å²) in [6.45, 7) is 4.04. The lowest BCUT2D eigenvalue weighted by atomic mass is 10.2. The Morgan fingerprint density at radius 3 is 2.73 bits per heavy atom. The van der Waals surface area contributed by atoms with Gasteiger partial charge in [0.25, 0.3) is 0 Å². The minimum atomic E-state index is 0.520. The van der Waals surface area contributed by atoms with Crippen LogP contribution in [0.4, 0.5) is 5.82 Å². The van der Waals surface area contributed by atoms with Gasteiger partial charge in [-0.2, -0.15) is 5.10 Å². The number of hydrogen-bond acceptors (Lipinski definition) is 4. The molecule has 0 radical (unpaired) electrons. The molecule has 0 atom stereocenters. The van der Waals surface area contributed by atoms with Crippen molar-refractivity contribution in [3.05, 3.63) is 11.3 Å². The standard InChI is InChI=1S/C10H20N4O/c1-8-9(7-11)10(14(3)12-8)13(2)5-6-15-4/h5-7,11H2,1-4H3. The van der Waals surface area contributed by atoms with E-state index in [1.165, 1.54) is 0 Å². The van der Waals surface area contributed by atoms with Gasteiger partial charge in [-0.1, -0.05) is 0 Å². The van der Waals surface area contributed by atoms with Crippen LogP contribution in [0.3, 0.4) is 0 Å². The van der Waals surface area contributed by atoms with E-state index in [0.717, 1.165) is 23.6 Å². The Morgan fingerprint density at radius 2 is 2.20 bits per heavy atom. The average molecular weight is 212 g/mol. The van der Waals surface area contributed by atoms with E-state index in [1.807, 2.05) is 25.7 Å². The summed E-state index contributed by atoms with van der Waals surface area (Å²) in [4.78, 5) is 2.12. The summed E-state index contributed by atoms with van der Waals surface area (Å²) in [5, 5.41) is 4.37. The van der Waals surface area contributed by atoms with Crippen molar-refractivity contribution in [3.63, 3.8) is 0 Å². The molecule has 5 nitrogen and oxygen atoms in total. The van der Waals surface area contributed by atoms with E-state index >= 15 is 0 Å². The monoisotopic (exact) mass is 212 g/mol. The third-order valence-corrected chi connectivity index (χ3v) is 2.51. The fraction of sp³-hybridized carbons (Fsp3) is 0.700. The van der Waals surface area contributed by atoms with Crippen molar-refractivity contribution in [1.29, 1.82) is 0 Å². The first-order chi connectivity index (χ1) is 7.11. The van der Waals surface area contributed by atoms with Crippen molar-refractivity contribution < 1.29 is 4.74 Å². The first kappa shape index (κ1) is 12.0. The number of nitrogens with zero attached hydrogens (tertiary/aromatic N) is 3. The molecule has 2 N–H and O–H groups in total. The smallest absolute Gasteiger partial charge is 0.131 e. The van der Waals surface area contributed by atoms with Gasteiger partial charge in [-0.25, -0.2) is 0 Å². The zero-order valence-corrected chi connectivity index (χ0v) is 9.95. The van der Waals surface area contributed by atoms with Crippen LogP contribution in [0, 0.1) is 6.92 Å². The number of nitrogens with two attached hydrogens (primary N) is 1. The van der Waals surface area contributed by atoms with E-state index in [4.69, 9.17) is 10.5 Å². The van der Waals surface area contributed by atoms with Crippen LogP contribution in [0.1, 0.15) is 11.3 Å². The highest BCUT2D eigenvalue weighted by atomic mass is 16.5. The molecule has 0 unspecified atom stereocenters. The summed E-state index contributed by atoms with van der Waals surface area (Å²) in [6.07, 6.45) is 0. The van der Waals surface area contributed by atoms with Crippen LogP contribution in [0.5, 0.6) is 0 Å². The topological polar surface area (TPSA) is 56.3 Å². The zero-order valence-electron chi connectivity index (χ0n) is 9.95. The predicted octanol–water partition coefficient (Wildman–Crippen LogP) is 0.270. The first-order valence-electron chi connectivity index (χ1n) is 5.04. The van der Waals surface area contributed by atoms with Gasteiger partial charge in [0, 0.05) is 39.9 Å². The van der Waals surface area contributed by atoms with Crippen molar-refractivity contribution in [2.45, 2.75) is 13.5 Å². The second kappa shape index (κ2) is 5.14. The number of rotatable bonds is 5. The summed E-state index contributed by atoms with van der Waals surface area (Å²) in [6, 6.07) is 0. The zero-order chi connectivity index (χ0) is 11.4. The van der Waals surface area contributed by atoms with E-state index in [1.54, 1.807) is 7.11 Å². The normalized spacial score (nSPS) is 10.7. The first-order valence-corrected chi connectivity index (χ1v) is 5.04. The quantitative estimate of drug-likeness (QED) is 0.761. The van der Waals surface area contributed by atoms with Gasteiger partial charge >= 0.3 is 0 Å². The lowest BCUT2D eigenvalue weighted by molar-refractivity contribution is 0.206. The molecule has 5 heteroatoms. The van der Waals surface area contributed by atoms with Gasteiger partial charge in [0.2, 0.25) is 0 Å². The van der Waals surface area contributed by atoms with Gasteiger partial charge in [0.1, 0.15) is 5.82 Å². The van der Waals surface area contributed by atoms with Gasteiger partial charge in [-0.05, 0) is 6.92 Å². The van der Waals surface area contributed by atoms with Crippen LogP contribution in [0.2, 0.25) is 0 Å². The largest absolute Gasteiger partial charge is 0.383 e. The fourth-order valence-corrected chi connectivity index (χ4v) is 1.74. The highest BCUT2D eigenvalue weighted by Gasteiger charge is 2.14. The molecule has 15 heavy (non-hydrogen) atoms. The number of aromatic nitrogens is 2. The molecular formula is C10H20N4O. The molecule has 0 aromatic carbocycles. The Morgan fingerprint density at radius 1 is 1.53 bits per heavy atom. The maximum Gasteiger partial charge on any atom is 0.131 e. The SMILES string of the molecule is COCCN(C)c1c(CN)c(C)nn1C. The van der Waals surface area contributed by atoms with Crippen molar-refractivity contribution in [2.24, 2.45) is 12.8 Å². The Hall–Kier alpha value is -1.07. The Bertz CT molecular complexity index is 321. The van der Waals surface area contributed by atoms with Gasteiger partial charge < -0.3 is 15.4 Å². The maximum absolute atomic E-state index is 5.72. The van der Waals surface area contributed by atoms with Crippen molar-refractivity contribution in [3.8, 4) is 0 Å². The van der Waals surface area contributed by atoms with E-state index in [0.29, 0.717) is 13.2 Å². The second-order valence-corrected chi connectivity index (χ2v) is 3.63. The van der Waals surface area contributed by atoms with Gasteiger partial charge in [-0.3, -0.25) is 4.68 Å². The van der Waals surface area contributed by atoms with E-state index in [9.17, 15) is 0 Å². The highest BCUT2D eigenvalue weighted by Crippen LogP contribution is 2.21. The molecule has 0 amide bonds. The third-order valence-electron chi connectivity index (χ3n) is 2.51. The summed E-state index contributed by atoms with van der Waals surface area (Å²) in [5.41, 5.74) is 7.83. The Labute approximate surface area is 90.8 Å². The minimum absolute atomic E-state index is 0.520. The van der Waals surface area contributed by atoms with Gasteiger partial charge in [-0.15, -0.1) is 0 Å². The number of methoxy groups -OCH3 is 1. The number of hydrogen-bond donors (Lipinski definition) is 1. The summed E-state index contributed by atoms with van der Waals surface area (Å²) in [5.74, 6) is 1.08. The molecule has 1 rings (SSSR count). The molecule has 0 spiro atoms. The van der Waals surface area contributed by atoms with Crippen LogP contribution in [-0.4, -0.2) is 37.1 Å². The number of ether oxygens (including phenoxy) is 1. The average Bonchev–Trinajstić information content (AvgIpc) is 2.49. The van der Waals surface area contributed by atoms with Crippen LogP contribution >= 0.6 is 0 Å². The van der Waals surface area contributed by atoms with Crippen molar-refractivity contribution in [2.75, 3.05) is 32.2 Å². The molecule has 0 bridgehead atoms. The fourth-order valence-electron chi connectivity index (χ4n) is 1.74. The summed E-state index contributed by atoms with van der Waals surface area (Å²) < 4.78 is 6.92. The molecule has 0 fully saturated rings. The number of likely N-dealkylation sites (N-methyl/N-ethyl adjacent to an activating group) is 1. The maximum atomic E-state index is 5.72. The molecule has 1 aromatic rings. The molecule has 0 aliphatic rings. The molecule has 0 aliphatic carbocycles. The molecule has 86 valence electrons. The second-order valence-electron chi connectivity index (χ2n) is 3.63. The van der Waals surface area contributed by atoms with Gasteiger partial charge in [0.15, 0.2) is 0 Å². The predicted molar refractivity (Wildman–Crippen MR) is 61.0 cm³/mol. The van der Waals surface area contributed by atoms with E-state index in [2.05, 4.69) is 10.00 Å². The molecule has 0 saturated carbocycles. The molecule has 0 saturated heterocycles. The number of anilines is 1. The van der Waals surface area contributed by atoms with Crippen LogP contribution in [0.15, 0.2) is 0 Å². The number of aryl methyl sites for hydroxylation is 2. The molecule has 1 aromatic heterocycles. The van der Waals surface area contributed by atoms with Crippen molar-refractivity contribution >= 4 is 5.82 Å². The van der Waals surface area contributed by atoms with E-state index in [-0.39, 0.29) is 0 Å². The Kier molecular flexibility index (Phi) is 4.11. The summed E-state index contributed by atoms with van der Waals surface area (Å²) in [7, 11) is 5.66. The summed E-state index contributed by atoms with van der Waals surface area (Å²) >= 11 is 0. The lowest BCUT2D eigenvalue weighted by Crippen LogP contribution is -2.25. The lowest BCUT2D eigenvalue weighted by Gasteiger charge is -2.20. The van der Waals surface area contributed by atoms with E-state index < -0.39 is 0 Å². The van der Waals surface area contributed by atoms with Crippen LogP contribution < -0.4 is 10.6 Å². The molecular weight excluding hydrogens is 192 g/mol. The van der Waals surface area contributed by atoms with Crippen molar-refractivity contribution in [1.82, 2.24) is 9.78 Å². The minimum Gasteiger partial charge on any atom is -0.383 e. The molecule has 1 heterocycles. The third kappa shape index (κ3) is 2.49. The Balaban J connectivity index is 2.91. The highest BCUT2D eigenvalue weighted by molar-refractivity contribution is 5.49.